The number of aliphatic hydroxyl groups excluding tert-OH is 1. The van der Waals surface area contributed by atoms with E-state index in [0.29, 0.717) is 13.0 Å². The zero-order valence-electron chi connectivity index (χ0n) is 11.8. The maximum absolute atomic E-state index is 11.9. The van der Waals surface area contributed by atoms with Crippen LogP contribution >= 0.6 is 0 Å². The van der Waals surface area contributed by atoms with E-state index in [1.807, 2.05) is 30.3 Å². The van der Waals surface area contributed by atoms with Crippen molar-refractivity contribution in [2.45, 2.75) is 32.6 Å². The second kappa shape index (κ2) is 9.70. The maximum Gasteiger partial charge on any atom is 0.162 e. The number of aliphatic hydroxyl groups is 1. The van der Waals surface area contributed by atoms with Crippen molar-refractivity contribution in [1.82, 2.24) is 4.90 Å². The standard InChI is InChI=1S/C16H25NO2/c1-2-3-11-17(13-14-18)12-7-10-16(19)15-8-5-4-6-9-15/h4-6,8-9,18H,2-3,7,10-14H2,1H3. The van der Waals surface area contributed by atoms with Gasteiger partial charge in [0, 0.05) is 18.5 Å². The summed E-state index contributed by atoms with van der Waals surface area (Å²) in [6, 6.07) is 9.44. The van der Waals surface area contributed by atoms with Crippen molar-refractivity contribution in [3.63, 3.8) is 0 Å². The Morgan fingerprint density at radius 3 is 2.42 bits per heavy atom. The highest BCUT2D eigenvalue weighted by Crippen LogP contribution is 2.06. The number of hydrogen-bond acceptors (Lipinski definition) is 3. The predicted molar refractivity (Wildman–Crippen MR) is 78.4 cm³/mol. The monoisotopic (exact) mass is 263 g/mol. The van der Waals surface area contributed by atoms with Crippen LogP contribution in [-0.2, 0) is 0 Å². The van der Waals surface area contributed by atoms with E-state index in [4.69, 9.17) is 5.11 Å². The Morgan fingerprint density at radius 1 is 1.11 bits per heavy atom. The van der Waals surface area contributed by atoms with Crippen LogP contribution in [0.15, 0.2) is 30.3 Å². The van der Waals surface area contributed by atoms with E-state index in [2.05, 4.69) is 11.8 Å². The molecule has 0 aliphatic rings. The van der Waals surface area contributed by atoms with E-state index in [1.54, 1.807) is 0 Å². The van der Waals surface area contributed by atoms with Crippen LogP contribution in [0.2, 0.25) is 0 Å². The summed E-state index contributed by atoms with van der Waals surface area (Å²) in [5, 5.41) is 9.01. The number of carbonyl (C=O) groups is 1. The molecule has 0 atom stereocenters. The first kappa shape index (κ1) is 15.9. The average molecular weight is 263 g/mol. The van der Waals surface area contributed by atoms with Crippen LogP contribution < -0.4 is 0 Å². The Morgan fingerprint density at radius 2 is 1.79 bits per heavy atom. The van der Waals surface area contributed by atoms with Gasteiger partial charge in [0.1, 0.15) is 0 Å². The summed E-state index contributed by atoms with van der Waals surface area (Å²) < 4.78 is 0. The van der Waals surface area contributed by atoms with Gasteiger partial charge in [-0.15, -0.1) is 0 Å². The third-order valence-electron chi connectivity index (χ3n) is 3.22. The Balaban J connectivity index is 2.29. The molecule has 0 spiro atoms. The molecule has 3 heteroatoms. The minimum absolute atomic E-state index is 0.191. The molecule has 3 nitrogen and oxygen atoms in total. The van der Waals surface area contributed by atoms with Gasteiger partial charge in [-0.3, -0.25) is 4.79 Å². The summed E-state index contributed by atoms with van der Waals surface area (Å²) in [4.78, 5) is 14.2. The van der Waals surface area contributed by atoms with Gasteiger partial charge in [0.15, 0.2) is 5.78 Å². The summed E-state index contributed by atoms with van der Waals surface area (Å²) >= 11 is 0. The first-order valence-electron chi connectivity index (χ1n) is 7.19. The minimum atomic E-state index is 0.191. The summed E-state index contributed by atoms with van der Waals surface area (Å²) in [5.74, 6) is 0.208. The highest BCUT2D eigenvalue weighted by atomic mass is 16.3. The van der Waals surface area contributed by atoms with Crippen LogP contribution in [0.1, 0.15) is 43.0 Å². The van der Waals surface area contributed by atoms with Crippen molar-refractivity contribution in [2.24, 2.45) is 0 Å². The number of nitrogens with zero attached hydrogens (tertiary/aromatic N) is 1. The van der Waals surface area contributed by atoms with Crippen molar-refractivity contribution in [2.75, 3.05) is 26.2 Å². The molecule has 0 heterocycles. The lowest BCUT2D eigenvalue weighted by Crippen LogP contribution is -2.29. The molecular formula is C16H25NO2. The molecule has 1 rings (SSSR count). The summed E-state index contributed by atoms with van der Waals surface area (Å²) in [5.41, 5.74) is 0.796. The molecule has 0 unspecified atom stereocenters. The van der Waals surface area contributed by atoms with Crippen LogP contribution in [0.4, 0.5) is 0 Å². The summed E-state index contributed by atoms with van der Waals surface area (Å²) in [7, 11) is 0. The number of carbonyl (C=O) groups excluding carboxylic acids is 1. The van der Waals surface area contributed by atoms with Gasteiger partial charge in [-0.05, 0) is 25.9 Å². The molecule has 106 valence electrons. The van der Waals surface area contributed by atoms with Gasteiger partial charge in [0.05, 0.1) is 6.61 Å². The van der Waals surface area contributed by atoms with Gasteiger partial charge < -0.3 is 10.0 Å². The van der Waals surface area contributed by atoms with Crippen molar-refractivity contribution in [3.05, 3.63) is 35.9 Å². The molecule has 0 aliphatic heterocycles. The molecule has 0 aliphatic carbocycles. The largest absolute Gasteiger partial charge is 0.395 e. The van der Waals surface area contributed by atoms with Crippen LogP contribution in [0.25, 0.3) is 0 Å². The normalized spacial score (nSPS) is 10.9. The molecule has 0 amide bonds. The molecule has 1 aromatic carbocycles. The Kier molecular flexibility index (Phi) is 8.10. The van der Waals surface area contributed by atoms with Crippen LogP contribution in [0.3, 0.4) is 0 Å². The molecule has 1 N–H and O–H groups in total. The van der Waals surface area contributed by atoms with E-state index < -0.39 is 0 Å². The van der Waals surface area contributed by atoms with Crippen molar-refractivity contribution in [1.29, 1.82) is 0 Å². The summed E-state index contributed by atoms with van der Waals surface area (Å²) in [6.07, 6.45) is 3.74. The lowest BCUT2D eigenvalue weighted by molar-refractivity contribution is 0.0973. The fourth-order valence-electron chi connectivity index (χ4n) is 2.09. The number of rotatable bonds is 10. The smallest absolute Gasteiger partial charge is 0.162 e. The number of ketones is 1. The zero-order valence-corrected chi connectivity index (χ0v) is 11.8. The highest BCUT2D eigenvalue weighted by Gasteiger charge is 2.07. The third kappa shape index (κ3) is 6.50. The molecular weight excluding hydrogens is 238 g/mol. The number of hydrogen-bond donors (Lipinski definition) is 1. The molecule has 0 radical (unpaired) electrons. The van der Waals surface area contributed by atoms with E-state index in [9.17, 15) is 4.79 Å². The third-order valence-corrected chi connectivity index (χ3v) is 3.22. The summed E-state index contributed by atoms with van der Waals surface area (Å²) in [6.45, 7) is 4.96. The van der Waals surface area contributed by atoms with E-state index in [-0.39, 0.29) is 12.4 Å². The highest BCUT2D eigenvalue weighted by molar-refractivity contribution is 5.95. The van der Waals surface area contributed by atoms with Crippen molar-refractivity contribution >= 4 is 5.78 Å². The minimum Gasteiger partial charge on any atom is -0.395 e. The Hall–Kier alpha value is -1.19. The maximum atomic E-state index is 11.9. The lowest BCUT2D eigenvalue weighted by Gasteiger charge is -2.20. The van der Waals surface area contributed by atoms with Crippen LogP contribution in [-0.4, -0.2) is 42.0 Å². The molecule has 19 heavy (non-hydrogen) atoms. The van der Waals surface area contributed by atoms with Crippen molar-refractivity contribution in [3.8, 4) is 0 Å². The molecule has 0 fully saturated rings. The second-order valence-electron chi connectivity index (χ2n) is 4.81. The van der Waals surface area contributed by atoms with E-state index in [1.165, 1.54) is 0 Å². The number of benzene rings is 1. The van der Waals surface area contributed by atoms with Crippen LogP contribution in [0.5, 0.6) is 0 Å². The van der Waals surface area contributed by atoms with Gasteiger partial charge in [0.25, 0.3) is 0 Å². The number of unbranched alkanes of at least 4 members (excludes halogenated alkanes) is 1. The first-order chi connectivity index (χ1) is 9.27. The fourth-order valence-corrected chi connectivity index (χ4v) is 2.09. The molecule has 1 aromatic rings. The lowest BCUT2D eigenvalue weighted by atomic mass is 10.1. The average Bonchev–Trinajstić information content (AvgIpc) is 2.45. The first-order valence-corrected chi connectivity index (χ1v) is 7.19. The number of Topliss-reactive ketones (excluding diaryl/α,β-unsaturated/α-hetero) is 1. The zero-order chi connectivity index (χ0) is 13.9. The van der Waals surface area contributed by atoms with Gasteiger partial charge >= 0.3 is 0 Å². The molecule has 0 bridgehead atoms. The molecule has 0 aromatic heterocycles. The Bertz CT molecular complexity index is 351. The quantitative estimate of drug-likeness (QED) is 0.660. The Labute approximate surface area is 116 Å². The van der Waals surface area contributed by atoms with E-state index >= 15 is 0 Å². The van der Waals surface area contributed by atoms with Gasteiger partial charge in [0.2, 0.25) is 0 Å². The predicted octanol–water partition coefficient (Wildman–Crippen LogP) is 2.74. The van der Waals surface area contributed by atoms with Gasteiger partial charge in [-0.2, -0.15) is 0 Å². The van der Waals surface area contributed by atoms with Gasteiger partial charge in [-0.25, -0.2) is 0 Å². The van der Waals surface area contributed by atoms with E-state index in [0.717, 1.165) is 37.9 Å². The fraction of sp³-hybridized carbons (Fsp3) is 0.562. The van der Waals surface area contributed by atoms with Crippen LogP contribution in [0, 0.1) is 0 Å². The SMILES string of the molecule is CCCCN(CCO)CCCC(=O)c1ccccc1. The molecule has 0 saturated heterocycles. The topological polar surface area (TPSA) is 40.5 Å². The van der Waals surface area contributed by atoms with Crippen molar-refractivity contribution < 1.29 is 9.90 Å². The second-order valence-corrected chi connectivity index (χ2v) is 4.81. The van der Waals surface area contributed by atoms with Gasteiger partial charge in [-0.1, -0.05) is 43.7 Å². The molecule has 0 saturated carbocycles.